The molecule has 1 unspecified atom stereocenters. The molecule has 1 atom stereocenters. The van der Waals surface area contributed by atoms with Gasteiger partial charge in [-0.2, -0.15) is 11.8 Å². The Kier molecular flexibility index (Phi) is 4.36. The third kappa shape index (κ3) is 3.70. The third-order valence-electron chi connectivity index (χ3n) is 2.76. The largest absolute Gasteiger partial charge is 0.469 e. The minimum absolute atomic E-state index is 0.0457. The summed E-state index contributed by atoms with van der Waals surface area (Å²) in [6.45, 7) is 3.70. The number of rotatable bonds is 3. The van der Waals surface area contributed by atoms with Crippen molar-refractivity contribution < 1.29 is 9.21 Å². The highest BCUT2D eigenvalue weighted by Gasteiger charge is 2.18. The van der Waals surface area contributed by atoms with E-state index in [1.54, 1.807) is 6.26 Å². The second-order valence-corrected chi connectivity index (χ2v) is 5.46. The zero-order chi connectivity index (χ0) is 12.1. The molecule has 1 aliphatic heterocycles. The van der Waals surface area contributed by atoms with Crippen LogP contribution in [-0.4, -0.2) is 41.6 Å². The summed E-state index contributed by atoms with van der Waals surface area (Å²) in [5.41, 5.74) is 0. The highest BCUT2D eigenvalue weighted by Crippen LogP contribution is 2.10. The minimum Gasteiger partial charge on any atom is -0.469 e. The summed E-state index contributed by atoms with van der Waals surface area (Å²) in [6, 6.07) is 3.94. The fourth-order valence-electron chi connectivity index (χ4n) is 1.85. The predicted molar refractivity (Wildman–Crippen MR) is 69.3 cm³/mol. The molecule has 5 heteroatoms. The van der Waals surface area contributed by atoms with Gasteiger partial charge in [-0.3, -0.25) is 0 Å². The van der Waals surface area contributed by atoms with Crippen molar-refractivity contribution in [1.29, 1.82) is 0 Å². The molecule has 2 amide bonds. The lowest BCUT2D eigenvalue weighted by atomic mass is 10.2. The number of nitrogens with one attached hydrogen (secondary N) is 1. The summed E-state index contributed by atoms with van der Waals surface area (Å²) < 4.78 is 5.26. The molecule has 0 aromatic carbocycles. The molecule has 94 valence electrons. The van der Waals surface area contributed by atoms with Crippen molar-refractivity contribution >= 4 is 17.8 Å². The lowest BCUT2D eigenvalue weighted by molar-refractivity contribution is 0.199. The first-order chi connectivity index (χ1) is 8.25. The molecule has 0 aliphatic carbocycles. The number of carbonyl (C=O) groups is 1. The lowest BCUT2D eigenvalue weighted by Crippen LogP contribution is -2.47. The van der Waals surface area contributed by atoms with Gasteiger partial charge in [-0.1, -0.05) is 0 Å². The topological polar surface area (TPSA) is 45.5 Å². The van der Waals surface area contributed by atoms with Gasteiger partial charge in [0.15, 0.2) is 0 Å². The Morgan fingerprint density at radius 1 is 1.59 bits per heavy atom. The van der Waals surface area contributed by atoms with Crippen LogP contribution in [0.2, 0.25) is 0 Å². The van der Waals surface area contributed by atoms with Crippen LogP contribution in [0.4, 0.5) is 4.79 Å². The van der Waals surface area contributed by atoms with E-state index in [0.717, 1.165) is 36.8 Å². The van der Waals surface area contributed by atoms with Crippen LogP contribution < -0.4 is 5.32 Å². The fraction of sp³-hybridized carbons (Fsp3) is 0.583. The molecule has 2 rings (SSSR count). The average Bonchev–Trinajstić information content (AvgIpc) is 2.82. The smallest absolute Gasteiger partial charge is 0.317 e. The van der Waals surface area contributed by atoms with Crippen molar-refractivity contribution in [2.45, 2.75) is 19.4 Å². The van der Waals surface area contributed by atoms with Crippen molar-refractivity contribution in [2.75, 3.05) is 24.6 Å². The molecular formula is C12H18N2O2S. The maximum atomic E-state index is 11.9. The zero-order valence-electron chi connectivity index (χ0n) is 10.0. The number of nitrogens with zero attached hydrogens (tertiary/aromatic N) is 1. The molecule has 1 aromatic heterocycles. The Hall–Kier alpha value is -1.10. The van der Waals surface area contributed by atoms with Gasteiger partial charge in [0.05, 0.1) is 6.26 Å². The standard InChI is InChI=1S/C12H18N2O2S/c1-10(9-11-3-2-6-16-11)13-12(15)14-4-7-17-8-5-14/h2-3,6,10H,4-5,7-9H2,1H3,(H,13,15). The minimum atomic E-state index is 0.0457. The Bertz CT molecular complexity index is 347. The molecule has 0 saturated carbocycles. The molecule has 1 aromatic rings. The summed E-state index contributed by atoms with van der Waals surface area (Å²) in [6.07, 6.45) is 2.40. The van der Waals surface area contributed by atoms with Gasteiger partial charge in [0.2, 0.25) is 0 Å². The summed E-state index contributed by atoms with van der Waals surface area (Å²) in [5.74, 6) is 2.99. The first-order valence-corrected chi connectivity index (χ1v) is 7.07. The number of carbonyl (C=O) groups excluding carboxylic acids is 1. The Balaban J connectivity index is 1.77. The number of urea groups is 1. The summed E-state index contributed by atoms with van der Waals surface area (Å²) in [7, 11) is 0. The second-order valence-electron chi connectivity index (χ2n) is 4.23. The van der Waals surface area contributed by atoms with Crippen LogP contribution in [0.1, 0.15) is 12.7 Å². The van der Waals surface area contributed by atoms with Crippen molar-refractivity contribution in [3.05, 3.63) is 24.2 Å². The second kappa shape index (κ2) is 6.00. The SMILES string of the molecule is CC(Cc1ccco1)NC(=O)N1CCSCC1. The van der Waals surface area contributed by atoms with Gasteiger partial charge in [0.25, 0.3) is 0 Å². The van der Waals surface area contributed by atoms with E-state index in [0.29, 0.717) is 0 Å². The van der Waals surface area contributed by atoms with E-state index in [1.165, 1.54) is 0 Å². The van der Waals surface area contributed by atoms with Gasteiger partial charge in [0, 0.05) is 37.1 Å². The fourth-order valence-corrected chi connectivity index (χ4v) is 2.75. The molecule has 1 aliphatic rings. The maximum absolute atomic E-state index is 11.9. The first kappa shape index (κ1) is 12.4. The first-order valence-electron chi connectivity index (χ1n) is 5.91. The van der Waals surface area contributed by atoms with Crippen molar-refractivity contribution in [3.63, 3.8) is 0 Å². The van der Waals surface area contributed by atoms with Crippen LogP contribution in [0.5, 0.6) is 0 Å². The van der Waals surface area contributed by atoms with E-state index < -0.39 is 0 Å². The monoisotopic (exact) mass is 254 g/mol. The number of hydrogen-bond acceptors (Lipinski definition) is 3. The molecule has 17 heavy (non-hydrogen) atoms. The van der Waals surface area contributed by atoms with Crippen LogP contribution in [0.3, 0.4) is 0 Å². The van der Waals surface area contributed by atoms with Gasteiger partial charge in [0.1, 0.15) is 5.76 Å². The summed E-state index contributed by atoms with van der Waals surface area (Å²) in [5, 5.41) is 3.01. The van der Waals surface area contributed by atoms with Gasteiger partial charge in [-0.15, -0.1) is 0 Å². The molecule has 0 spiro atoms. The van der Waals surface area contributed by atoms with E-state index >= 15 is 0 Å². The highest BCUT2D eigenvalue weighted by atomic mass is 32.2. The maximum Gasteiger partial charge on any atom is 0.317 e. The van der Waals surface area contributed by atoms with E-state index in [1.807, 2.05) is 35.7 Å². The van der Waals surface area contributed by atoms with Crippen LogP contribution >= 0.6 is 11.8 Å². The van der Waals surface area contributed by atoms with E-state index in [-0.39, 0.29) is 12.1 Å². The average molecular weight is 254 g/mol. The third-order valence-corrected chi connectivity index (χ3v) is 3.70. The van der Waals surface area contributed by atoms with E-state index in [2.05, 4.69) is 5.32 Å². The van der Waals surface area contributed by atoms with E-state index in [4.69, 9.17) is 4.42 Å². The number of thioether (sulfide) groups is 1. The zero-order valence-corrected chi connectivity index (χ0v) is 10.8. The molecule has 1 saturated heterocycles. The Labute approximate surface area is 106 Å². The molecule has 4 nitrogen and oxygen atoms in total. The van der Waals surface area contributed by atoms with Gasteiger partial charge in [-0.05, 0) is 19.1 Å². The van der Waals surface area contributed by atoms with E-state index in [9.17, 15) is 4.79 Å². The van der Waals surface area contributed by atoms with Crippen LogP contribution in [-0.2, 0) is 6.42 Å². The molecule has 1 N–H and O–H groups in total. The predicted octanol–water partition coefficient (Wildman–Crippen LogP) is 1.97. The number of hydrogen-bond donors (Lipinski definition) is 1. The van der Waals surface area contributed by atoms with Crippen molar-refractivity contribution in [1.82, 2.24) is 10.2 Å². The molecule has 1 fully saturated rings. The number of amides is 2. The molecule has 0 radical (unpaired) electrons. The Morgan fingerprint density at radius 3 is 3.00 bits per heavy atom. The lowest BCUT2D eigenvalue weighted by Gasteiger charge is -2.28. The normalized spacial score (nSPS) is 17.8. The number of furan rings is 1. The van der Waals surface area contributed by atoms with Gasteiger partial charge in [-0.25, -0.2) is 4.79 Å². The molecular weight excluding hydrogens is 236 g/mol. The summed E-state index contributed by atoms with van der Waals surface area (Å²) in [4.78, 5) is 13.8. The quantitative estimate of drug-likeness (QED) is 0.897. The summed E-state index contributed by atoms with van der Waals surface area (Å²) >= 11 is 1.90. The highest BCUT2D eigenvalue weighted by molar-refractivity contribution is 7.99. The van der Waals surface area contributed by atoms with Crippen LogP contribution in [0, 0.1) is 0 Å². The molecule has 2 heterocycles. The van der Waals surface area contributed by atoms with Gasteiger partial charge < -0.3 is 14.6 Å². The van der Waals surface area contributed by atoms with Crippen LogP contribution in [0.25, 0.3) is 0 Å². The van der Waals surface area contributed by atoms with Gasteiger partial charge >= 0.3 is 6.03 Å². The van der Waals surface area contributed by atoms with Crippen molar-refractivity contribution in [2.24, 2.45) is 0 Å². The van der Waals surface area contributed by atoms with Crippen molar-refractivity contribution in [3.8, 4) is 0 Å². The Morgan fingerprint density at radius 2 is 2.35 bits per heavy atom. The molecule has 0 bridgehead atoms. The van der Waals surface area contributed by atoms with Crippen LogP contribution in [0.15, 0.2) is 22.8 Å².